The molecule has 4 aliphatic carbocycles. The first kappa shape index (κ1) is 14.9. The highest BCUT2D eigenvalue weighted by molar-refractivity contribution is 5.87. The van der Waals surface area contributed by atoms with E-state index in [2.05, 4.69) is 19.9 Å². The molecule has 122 valence electrons. The highest BCUT2D eigenvalue weighted by Crippen LogP contribution is 2.60. The van der Waals surface area contributed by atoms with Crippen molar-refractivity contribution < 1.29 is 9.90 Å². The van der Waals surface area contributed by atoms with Gasteiger partial charge in [0.1, 0.15) is 5.78 Å². The molecule has 2 nitrogen and oxygen atoms in total. The van der Waals surface area contributed by atoms with Crippen LogP contribution in [0, 0.1) is 29.1 Å². The van der Waals surface area contributed by atoms with Crippen LogP contribution in [0.15, 0.2) is 11.6 Å². The van der Waals surface area contributed by atoms with E-state index in [0.717, 1.165) is 63.2 Å². The van der Waals surface area contributed by atoms with E-state index in [9.17, 15) is 9.90 Å². The highest BCUT2D eigenvalue weighted by Gasteiger charge is 2.56. The van der Waals surface area contributed by atoms with Gasteiger partial charge in [-0.25, -0.2) is 0 Å². The Hall–Kier alpha value is -0.630. The molecule has 0 aliphatic heterocycles. The second-order valence-corrected chi connectivity index (χ2v) is 8.77. The largest absolute Gasteiger partial charge is 0.390 e. The van der Waals surface area contributed by atoms with Crippen molar-refractivity contribution in [2.75, 3.05) is 0 Å². The molecule has 0 saturated heterocycles. The predicted octanol–water partition coefficient (Wildman–Crippen LogP) is 4.27. The van der Waals surface area contributed by atoms with Crippen molar-refractivity contribution >= 4 is 5.78 Å². The van der Waals surface area contributed by atoms with Crippen molar-refractivity contribution in [2.24, 2.45) is 29.1 Å². The topological polar surface area (TPSA) is 37.3 Å². The van der Waals surface area contributed by atoms with Crippen molar-refractivity contribution in [3.63, 3.8) is 0 Å². The van der Waals surface area contributed by atoms with Crippen molar-refractivity contribution in [3.8, 4) is 0 Å². The molecule has 4 rings (SSSR count). The van der Waals surface area contributed by atoms with E-state index in [0.29, 0.717) is 17.6 Å². The molecule has 0 amide bonds. The average molecular weight is 302 g/mol. The molecule has 3 fully saturated rings. The number of rotatable bonds is 1. The monoisotopic (exact) mass is 302 g/mol. The van der Waals surface area contributed by atoms with Gasteiger partial charge in [-0.05, 0) is 75.0 Å². The number of hydrogen-bond donors (Lipinski definition) is 1. The lowest BCUT2D eigenvalue weighted by atomic mass is 9.52. The third-order valence-corrected chi connectivity index (χ3v) is 7.96. The average Bonchev–Trinajstić information content (AvgIpc) is 2.82. The Morgan fingerprint density at radius 3 is 2.82 bits per heavy atom. The minimum Gasteiger partial charge on any atom is -0.390 e. The van der Waals surface area contributed by atoms with Crippen LogP contribution in [0.2, 0.25) is 0 Å². The van der Waals surface area contributed by atoms with E-state index in [-0.39, 0.29) is 5.41 Å². The van der Waals surface area contributed by atoms with Gasteiger partial charge in [0.25, 0.3) is 0 Å². The molecular formula is C20H30O2. The van der Waals surface area contributed by atoms with Crippen LogP contribution in [0.1, 0.15) is 71.6 Å². The molecule has 4 aliphatic rings. The van der Waals surface area contributed by atoms with E-state index < -0.39 is 5.60 Å². The Bertz CT molecular complexity index is 522. The van der Waals surface area contributed by atoms with Gasteiger partial charge in [0.05, 0.1) is 5.60 Å². The SMILES string of the molecule is CC[C@]1(O)CC[C@H]2C(=CC[C@@H]3C2CC[C@]2(C)C(=O)CC[C@@H]32)C1. The van der Waals surface area contributed by atoms with E-state index in [1.807, 2.05) is 0 Å². The van der Waals surface area contributed by atoms with Crippen LogP contribution in [0.4, 0.5) is 0 Å². The third kappa shape index (κ3) is 1.99. The number of ketones is 1. The number of carbonyl (C=O) groups excluding carboxylic acids is 1. The molecule has 1 unspecified atom stereocenters. The fraction of sp³-hybridized carbons (Fsp3) is 0.850. The minimum atomic E-state index is -0.443. The number of carbonyl (C=O) groups is 1. The fourth-order valence-corrected chi connectivity index (χ4v) is 6.44. The molecule has 0 aromatic rings. The van der Waals surface area contributed by atoms with Crippen LogP contribution >= 0.6 is 0 Å². The summed E-state index contributed by atoms with van der Waals surface area (Å²) in [5.74, 6) is 3.38. The first-order valence-corrected chi connectivity index (χ1v) is 9.41. The zero-order chi connectivity index (χ0) is 15.5. The van der Waals surface area contributed by atoms with Crippen molar-refractivity contribution in [1.29, 1.82) is 0 Å². The molecule has 0 bridgehead atoms. The lowest BCUT2D eigenvalue weighted by molar-refractivity contribution is -0.130. The zero-order valence-electron chi connectivity index (χ0n) is 14.1. The van der Waals surface area contributed by atoms with Crippen LogP contribution in [-0.4, -0.2) is 16.5 Å². The summed E-state index contributed by atoms with van der Waals surface area (Å²) >= 11 is 0. The second-order valence-electron chi connectivity index (χ2n) is 8.77. The van der Waals surface area contributed by atoms with E-state index >= 15 is 0 Å². The maximum Gasteiger partial charge on any atom is 0.139 e. The normalized spacial score (nSPS) is 50.9. The number of Topliss-reactive ketones (excluding diaryl/α,β-unsaturated/α-hetero) is 1. The summed E-state index contributed by atoms with van der Waals surface area (Å²) in [6, 6.07) is 0. The molecule has 0 heterocycles. The van der Waals surface area contributed by atoms with Crippen molar-refractivity contribution in [1.82, 2.24) is 0 Å². The van der Waals surface area contributed by atoms with Crippen molar-refractivity contribution in [2.45, 2.75) is 77.2 Å². The van der Waals surface area contributed by atoms with Gasteiger partial charge in [0.15, 0.2) is 0 Å². The Balaban J connectivity index is 1.61. The molecule has 0 aromatic heterocycles. The molecule has 2 heteroatoms. The fourth-order valence-electron chi connectivity index (χ4n) is 6.44. The molecule has 3 saturated carbocycles. The summed E-state index contributed by atoms with van der Waals surface area (Å²) in [7, 11) is 0. The molecule has 22 heavy (non-hydrogen) atoms. The van der Waals surface area contributed by atoms with Gasteiger partial charge >= 0.3 is 0 Å². The number of aliphatic hydroxyl groups is 1. The van der Waals surface area contributed by atoms with Gasteiger partial charge in [-0.15, -0.1) is 0 Å². The summed E-state index contributed by atoms with van der Waals surface area (Å²) in [6.07, 6.45) is 11.8. The summed E-state index contributed by atoms with van der Waals surface area (Å²) in [6.45, 7) is 4.36. The van der Waals surface area contributed by atoms with Gasteiger partial charge in [0, 0.05) is 11.8 Å². The van der Waals surface area contributed by atoms with Gasteiger partial charge in [-0.3, -0.25) is 4.79 Å². The maximum atomic E-state index is 12.4. The van der Waals surface area contributed by atoms with Gasteiger partial charge in [-0.1, -0.05) is 25.5 Å². The Morgan fingerprint density at radius 2 is 2.05 bits per heavy atom. The predicted molar refractivity (Wildman–Crippen MR) is 87.3 cm³/mol. The molecule has 6 atom stereocenters. The number of fused-ring (bicyclic) bond motifs is 5. The quantitative estimate of drug-likeness (QED) is 0.734. The Labute approximate surface area is 134 Å². The van der Waals surface area contributed by atoms with Crippen LogP contribution in [0.5, 0.6) is 0 Å². The second kappa shape index (κ2) is 4.93. The Morgan fingerprint density at radius 1 is 1.23 bits per heavy atom. The molecule has 0 spiro atoms. The number of hydrogen-bond acceptors (Lipinski definition) is 2. The summed E-state index contributed by atoms with van der Waals surface area (Å²) in [5, 5.41) is 10.7. The smallest absolute Gasteiger partial charge is 0.139 e. The van der Waals surface area contributed by atoms with Crippen molar-refractivity contribution in [3.05, 3.63) is 11.6 Å². The van der Waals surface area contributed by atoms with Crippen LogP contribution < -0.4 is 0 Å². The van der Waals surface area contributed by atoms with Crippen LogP contribution in [0.3, 0.4) is 0 Å². The first-order chi connectivity index (χ1) is 10.5. The van der Waals surface area contributed by atoms with Gasteiger partial charge in [-0.2, -0.15) is 0 Å². The molecule has 0 aromatic carbocycles. The number of allylic oxidation sites excluding steroid dienone is 1. The summed E-state index contributed by atoms with van der Waals surface area (Å²) < 4.78 is 0. The molecular weight excluding hydrogens is 272 g/mol. The maximum absolute atomic E-state index is 12.4. The van der Waals surface area contributed by atoms with Gasteiger partial charge in [0.2, 0.25) is 0 Å². The zero-order valence-corrected chi connectivity index (χ0v) is 14.1. The lowest BCUT2D eigenvalue weighted by Gasteiger charge is -2.53. The van der Waals surface area contributed by atoms with E-state index in [4.69, 9.17) is 0 Å². The standard InChI is InChI=1S/C20H30O2/c1-3-20(22)11-9-14-13(12-20)4-5-16-15(14)8-10-19(2)17(16)6-7-18(19)21/h4,14-17,22H,3,5-12H2,1-2H3/t14-,15?,16+,17-,19-,20-/m0/s1. The summed E-state index contributed by atoms with van der Waals surface area (Å²) in [5.41, 5.74) is 1.09. The first-order valence-electron chi connectivity index (χ1n) is 9.41. The van der Waals surface area contributed by atoms with Crippen LogP contribution in [-0.2, 0) is 4.79 Å². The lowest BCUT2D eigenvalue weighted by Crippen LogP contribution is -2.47. The van der Waals surface area contributed by atoms with Gasteiger partial charge < -0.3 is 5.11 Å². The molecule has 0 radical (unpaired) electrons. The third-order valence-electron chi connectivity index (χ3n) is 7.96. The van der Waals surface area contributed by atoms with E-state index in [1.54, 1.807) is 5.57 Å². The highest BCUT2D eigenvalue weighted by atomic mass is 16.3. The minimum absolute atomic E-state index is 0.00860. The summed E-state index contributed by atoms with van der Waals surface area (Å²) in [4.78, 5) is 12.4. The van der Waals surface area contributed by atoms with Crippen LogP contribution in [0.25, 0.3) is 0 Å². The molecule has 1 N–H and O–H groups in total. The Kier molecular flexibility index (Phi) is 3.35. The van der Waals surface area contributed by atoms with E-state index in [1.165, 1.54) is 6.42 Å².